The molecule has 1 rings (SSSR count). The molecule has 88 valence electrons. The Hall–Kier alpha value is -1.68. The zero-order chi connectivity index (χ0) is 12.4. The lowest BCUT2D eigenvalue weighted by molar-refractivity contribution is 0.104. The van der Waals surface area contributed by atoms with E-state index in [2.05, 4.69) is 4.98 Å². The number of allylic oxidation sites excluding steroid dienone is 1. The first-order valence-electron chi connectivity index (χ1n) is 5.01. The van der Waals surface area contributed by atoms with Crippen LogP contribution in [0.5, 0.6) is 0 Å². The van der Waals surface area contributed by atoms with Gasteiger partial charge in [0.15, 0.2) is 5.78 Å². The maximum Gasteiger partial charge on any atom is 0.188 e. The minimum atomic E-state index is -0.0261. The minimum Gasteiger partial charge on any atom is -0.397 e. The average molecular weight is 222 g/mol. The van der Waals surface area contributed by atoms with Gasteiger partial charge in [0.1, 0.15) is 0 Å². The Labute approximate surface area is 96.2 Å². The molecule has 1 N–H and O–H groups in total. The molecule has 0 saturated carbocycles. The van der Waals surface area contributed by atoms with Crippen molar-refractivity contribution in [1.82, 2.24) is 9.88 Å². The van der Waals surface area contributed by atoms with Gasteiger partial charge in [-0.2, -0.15) is 0 Å². The molecule has 0 aliphatic carbocycles. The van der Waals surface area contributed by atoms with Crippen molar-refractivity contribution in [3.05, 3.63) is 42.4 Å². The fourth-order valence-corrected chi connectivity index (χ4v) is 0.822. The molecule has 0 unspecified atom stereocenters. The highest BCUT2D eigenvalue weighted by atomic mass is 16.2. The maximum absolute atomic E-state index is 11.4. The average Bonchev–Trinajstić information content (AvgIpc) is 2.28. The zero-order valence-electron chi connectivity index (χ0n) is 9.92. The first kappa shape index (κ1) is 14.3. The summed E-state index contributed by atoms with van der Waals surface area (Å²) in [6.07, 6.45) is 6.45. The van der Waals surface area contributed by atoms with Crippen LogP contribution in [-0.2, 0) is 0 Å². The molecule has 0 saturated heterocycles. The van der Waals surface area contributed by atoms with Crippen LogP contribution in [0.25, 0.3) is 0 Å². The number of carbonyl (C=O) groups excluding carboxylic acids is 1. The summed E-state index contributed by atoms with van der Waals surface area (Å²) < 4.78 is 0. The van der Waals surface area contributed by atoms with Gasteiger partial charge in [0.25, 0.3) is 0 Å². The van der Waals surface area contributed by atoms with Gasteiger partial charge in [-0.15, -0.1) is 0 Å². The summed E-state index contributed by atoms with van der Waals surface area (Å²) in [6.45, 7) is 1.93. The van der Waals surface area contributed by atoms with Crippen LogP contribution < -0.4 is 0 Å². The minimum absolute atomic E-state index is 0.0261. The van der Waals surface area contributed by atoms with E-state index in [4.69, 9.17) is 5.11 Å². The van der Waals surface area contributed by atoms with Crippen LogP contribution in [0.1, 0.15) is 17.3 Å². The van der Waals surface area contributed by atoms with E-state index < -0.39 is 0 Å². The number of rotatable bonds is 3. The van der Waals surface area contributed by atoms with Crippen molar-refractivity contribution in [3.8, 4) is 0 Å². The van der Waals surface area contributed by atoms with Crippen molar-refractivity contribution in [1.29, 1.82) is 0 Å². The van der Waals surface area contributed by atoms with Gasteiger partial charge in [-0.1, -0.05) is 0 Å². The van der Waals surface area contributed by atoms with Gasteiger partial charge < -0.3 is 10.0 Å². The molecule has 0 atom stereocenters. The molecule has 0 amide bonds. The van der Waals surface area contributed by atoms with E-state index in [9.17, 15) is 4.79 Å². The zero-order valence-corrected chi connectivity index (χ0v) is 9.92. The number of aliphatic hydroxyl groups excluding tert-OH is 1. The Balaban J connectivity index is 0.000000673. The second kappa shape index (κ2) is 8.61. The highest BCUT2D eigenvalue weighted by molar-refractivity contribution is 6.04. The van der Waals surface area contributed by atoms with Crippen LogP contribution in [0.2, 0.25) is 0 Å². The second-order valence-corrected chi connectivity index (χ2v) is 3.20. The van der Waals surface area contributed by atoms with Crippen molar-refractivity contribution in [3.63, 3.8) is 0 Å². The van der Waals surface area contributed by atoms with Crippen LogP contribution >= 0.6 is 0 Å². The molecule has 1 aromatic heterocycles. The van der Waals surface area contributed by atoms with Gasteiger partial charge in [0.2, 0.25) is 0 Å². The van der Waals surface area contributed by atoms with E-state index in [0.717, 1.165) is 0 Å². The molecule has 0 spiro atoms. The summed E-state index contributed by atoms with van der Waals surface area (Å²) >= 11 is 0. The molecular formula is C12H18N2O2. The lowest BCUT2D eigenvalue weighted by Gasteiger charge is -2.02. The van der Waals surface area contributed by atoms with Crippen LogP contribution in [0.3, 0.4) is 0 Å². The van der Waals surface area contributed by atoms with Gasteiger partial charge >= 0.3 is 0 Å². The van der Waals surface area contributed by atoms with Crippen molar-refractivity contribution in [2.75, 3.05) is 20.7 Å². The first-order valence-corrected chi connectivity index (χ1v) is 5.01. The Morgan fingerprint density at radius 1 is 1.56 bits per heavy atom. The largest absolute Gasteiger partial charge is 0.397 e. The van der Waals surface area contributed by atoms with E-state index in [-0.39, 0.29) is 12.4 Å². The summed E-state index contributed by atoms with van der Waals surface area (Å²) in [7, 11) is 3.74. The Kier molecular flexibility index (Phi) is 7.71. The monoisotopic (exact) mass is 222 g/mol. The number of hydrogen-bond acceptors (Lipinski definition) is 4. The third-order valence-corrected chi connectivity index (χ3v) is 1.47. The Bertz CT molecular complexity index is 321. The summed E-state index contributed by atoms with van der Waals surface area (Å²) in [4.78, 5) is 17.1. The highest BCUT2D eigenvalue weighted by Gasteiger charge is 1.99. The third kappa shape index (κ3) is 6.73. The number of nitrogens with zero attached hydrogens (tertiary/aromatic N) is 2. The molecule has 16 heavy (non-hydrogen) atoms. The lowest BCUT2D eigenvalue weighted by atomic mass is 10.2. The van der Waals surface area contributed by atoms with E-state index >= 15 is 0 Å². The predicted molar refractivity (Wildman–Crippen MR) is 64.2 cm³/mol. The smallest absolute Gasteiger partial charge is 0.188 e. The molecule has 0 bridgehead atoms. The molecule has 4 heteroatoms. The Morgan fingerprint density at radius 3 is 2.62 bits per heavy atom. The quantitative estimate of drug-likeness (QED) is 0.619. The van der Waals surface area contributed by atoms with Crippen LogP contribution in [0.15, 0.2) is 36.8 Å². The van der Waals surface area contributed by atoms with Gasteiger partial charge in [-0.05, 0) is 19.1 Å². The second-order valence-electron chi connectivity index (χ2n) is 3.20. The van der Waals surface area contributed by atoms with Crippen LogP contribution in [-0.4, -0.2) is 41.5 Å². The van der Waals surface area contributed by atoms with E-state index in [0.29, 0.717) is 5.56 Å². The molecule has 0 aliphatic rings. The molecule has 1 aromatic rings. The van der Waals surface area contributed by atoms with E-state index in [1.165, 1.54) is 6.08 Å². The van der Waals surface area contributed by atoms with Gasteiger partial charge in [-0.25, -0.2) is 0 Å². The third-order valence-electron chi connectivity index (χ3n) is 1.47. The predicted octanol–water partition coefficient (Wildman–Crippen LogP) is 1.34. The summed E-state index contributed by atoms with van der Waals surface area (Å²) in [5.41, 5.74) is 0.612. The van der Waals surface area contributed by atoms with Gasteiger partial charge in [0, 0.05) is 50.9 Å². The molecule has 4 nitrogen and oxygen atoms in total. The van der Waals surface area contributed by atoms with Crippen molar-refractivity contribution in [2.45, 2.75) is 6.92 Å². The fraction of sp³-hybridized carbons (Fsp3) is 0.333. The topological polar surface area (TPSA) is 53.4 Å². The maximum atomic E-state index is 11.4. The number of aromatic nitrogens is 1. The number of pyridine rings is 1. The number of hydrogen-bond donors (Lipinski definition) is 1. The van der Waals surface area contributed by atoms with E-state index in [1.54, 1.807) is 37.7 Å². The Morgan fingerprint density at radius 2 is 2.19 bits per heavy atom. The number of carbonyl (C=O) groups is 1. The number of aliphatic hydroxyl groups is 1. The van der Waals surface area contributed by atoms with Gasteiger partial charge in [-0.3, -0.25) is 9.78 Å². The van der Waals surface area contributed by atoms with Gasteiger partial charge in [0.05, 0.1) is 0 Å². The van der Waals surface area contributed by atoms with Crippen molar-refractivity contribution >= 4 is 5.78 Å². The van der Waals surface area contributed by atoms with Crippen LogP contribution in [0.4, 0.5) is 0 Å². The SMILES string of the molecule is CCO.CN(C)/C=C/C(=O)c1cccnc1. The number of ketones is 1. The highest BCUT2D eigenvalue weighted by Crippen LogP contribution is 1.98. The van der Waals surface area contributed by atoms with Crippen molar-refractivity contribution < 1.29 is 9.90 Å². The molecule has 0 radical (unpaired) electrons. The summed E-state index contributed by atoms with van der Waals surface area (Å²) in [6, 6.07) is 3.49. The molecule has 1 heterocycles. The lowest BCUT2D eigenvalue weighted by Crippen LogP contribution is -2.03. The molecule has 0 aromatic carbocycles. The normalized spacial score (nSPS) is 9.50. The van der Waals surface area contributed by atoms with E-state index in [1.807, 2.05) is 19.0 Å². The first-order chi connectivity index (χ1) is 7.61. The fourth-order valence-electron chi connectivity index (χ4n) is 0.822. The summed E-state index contributed by atoms with van der Waals surface area (Å²) in [5, 5.41) is 7.57. The van der Waals surface area contributed by atoms with Crippen LogP contribution in [0, 0.1) is 0 Å². The molecular weight excluding hydrogens is 204 g/mol. The standard InChI is InChI=1S/C10H12N2O.C2H6O/c1-12(2)7-5-10(13)9-4-3-6-11-8-9;1-2-3/h3-8H,1-2H3;3H,2H2,1H3/b7-5+;. The molecule has 0 aliphatic heterocycles. The summed E-state index contributed by atoms with van der Waals surface area (Å²) in [5.74, 6) is -0.0261. The molecule has 0 fully saturated rings. The van der Waals surface area contributed by atoms with Crippen molar-refractivity contribution in [2.24, 2.45) is 0 Å².